The summed E-state index contributed by atoms with van der Waals surface area (Å²) >= 11 is 1.88. The topological polar surface area (TPSA) is 67.5 Å². The Labute approximate surface area is 173 Å². The highest BCUT2D eigenvalue weighted by molar-refractivity contribution is 7.99. The quantitative estimate of drug-likeness (QED) is 0.707. The minimum atomic E-state index is 0.00613. The van der Waals surface area contributed by atoms with Crippen molar-refractivity contribution in [3.63, 3.8) is 0 Å². The van der Waals surface area contributed by atoms with E-state index in [1.165, 1.54) is 5.56 Å². The summed E-state index contributed by atoms with van der Waals surface area (Å²) in [5, 5.41) is 7.57. The van der Waals surface area contributed by atoms with Crippen LogP contribution in [0.1, 0.15) is 27.7 Å². The Bertz CT molecular complexity index is 1020. The number of nitrogens with one attached hydrogen (secondary N) is 1. The fourth-order valence-electron chi connectivity index (χ4n) is 3.71. The largest absolute Gasteiger partial charge is 0.454 e. The molecule has 148 valence electrons. The van der Waals surface area contributed by atoms with Gasteiger partial charge < -0.3 is 14.4 Å². The van der Waals surface area contributed by atoms with Crippen LogP contribution >= 0.6 is 11.8 Å². The molecule has 2 aromatic carbocycles. The first kappa shape index (κ1) is 18.1. The Balaban J connectivity index is 1.27. The first-order valence-corrected chi connectivity index (χ1v) is 10.7. The van der Waals surface area contributed by atoms with Gasteiger partial charge in [0.25, 0.3) is 5.91 Å². The standard InChI is InChI=1S/C22H21N3O3S/c26-22(18-13-17(23-24-18)15-4-2-1-3-5-15)25-9-8-21(29-11-10-25)16-6-7-19-20(12-16)28-14-27-19/h1-7,12-13,21H,8-11,14H2,(H,23,24). The van der Waals surface area contributed by atoms with E-state index in [4.69, 9.17) is 9.47 Å². The third kappa shape index (κ3) is 3.70. The predicted molar refractivity (Wildman–Crippen MR) is 112 cm³/mol. The molecule has 0 bridgehead atoms. The number of hydrogen-bond donors (Lipinski definition) is 1. The van der Waals surface area contributed by atoms with E-state index in [2.05, 4.69) is 22.3 Å². The molecule has 2 aliphatic rings. The number of nitrogens with zero attached hydrogens (tertiary/aromatic N) is 2. The molecule has 0 radical (unpaired) electrons. The van der Waals surface area contributed by atoms with Gasteiger partial charge in [-0.05, 0) is 30.2 Å². The van der Waals surface area contributed by atoms with Gasteiger partial charge in [0.2, 0.25) is 6.79 Å². The molecule has 1 atom stereocenters. The van der Waals surface area contributed by atoms with E-state index >= 15 is 0 Å². The number of carbonyl (C=O) groups excluding carboxylic acids is 1. The van der Waals surface area contributed by atoms with Crippen molar-refractivity contribution < 1.29 is 14.3 Å². The number of aromatic nitrogens is 2. The third-order valence-corrected chi connectivity index (χ3v) is 6.60. The van der Waals surface area contributed by atoms with Crippen molar-refractivity contribution in [1.82, 2.24) is 15.1 Å². The molecule has 2 aliphatic heterocycles. The van der Waals surface area contributed by atoms with Crippen molar-refractivity contribution in [3.05, 3.63) is 65.9 Å². The van der Waals surface area contributed by atoms with Crippen molar-refractivity contribution in [2.24, 2.45) is 0 Å². The second-order valence-corrected chi connectivity index (χ2v) is 8.40. The van der Waals surface area contributed by atoms with E-state index < -0.39 is 0 Å². The summed E-state index contributed by atoms with van der Waals surface area (Å²) in [6.07, 6.45) is 0.899. The highest BCUT2D eigenvalue weighted by atomic mass is 32.2. The van der Waals surface area contributed by atoms with Crippen LogP contribution in [0.3, 0.4) is 0 Å². The zero-order valence-corrected chi connectivity index (χ0v) is 16.7. The van der Waals surface area contributed by atoms with Crippen molar-refractivity contribution >= 4 is 17.7 Å². The van der Waals surface area contributed by atoms with Gasteiger partial charge in [-0.2, -0.15) is 16.9 Å². The monoisotopic (exact) mass is 407 g/mol. The SMILES string of the molecule is O=C(c1cc(-c2ccccc2)n[nH]1)N1CCSC(c2ccc3c(c2)OCO3)CC1. The van der Waals surface area contributed by atoms with Crippen LogP contribution in [-0.4, -0.2) is 46.6 Å². The van der Waals surface area contributed by atoms with Crippen LogP contribution in [0.2, 0.25) is 0 Å². The second kappa shape index (κ2) is 7.83. The minimum absolute atomic E-state index is 0.00613. The van der Waals surface area contributed by atoms with Crippen molar-refractivity contribution in [1.29, 1.82) is 0 Å². The first-order chi connectivity index (χ1) is 14.3. The molecule has 3 heterocycles. The number of carbonyl (C=O) groups is 1. The Hall–Kier alpha value is -2.93. The van der Waals surface area contributed by atoms with Crippen LogP contribution in [0.5, 0.6) is 11.5 Å². The van der Waals surface area contributed by atoms with E-state index in [0.29, 0.717) is 17.5 Å². The average Bonchev–Trinajstić information content (AvgIpc) is 3.38. The van der Waals surface area contributed by atoms with Gasteiger partial charge in [-0.15, -0.1) is 0 Å². The third-order valence-electron chi connectivity index (χ3n) is 5.27. The number of amides is 1. The second-order valence-electron chi connectivity index (χ2n) is 7.09. The van der Waals surface area contributed by atoms with Gasteiger partial charge in [-0.25, -0.2) is 0 Å². The van der Waals surface area contributed by atoms with Gasteiger partial charge in [-0.1, -0.05) is 36.4 Å². The molecule has 6 nitrogen and oxygen atoms in total. The highest BCUT2D eigenvalue weighted by Gasteiger charge is 2.25. The van der Waals surface area contributed by atoms with Gasteiger partial charge >= 0.3 is 0 Å². The molecule has 1 amide bonds. The van der Waals surface area contributed by atoms with E-state index in [1.54, 1.807) is 0 Å². The van der Waals surface area contributed by atoms with Crippen LogP contribution in [0.4, 0.5) is 0 Å². The zero-order chi connectivity index (χ0) is 19.6. The lowest BCUT2D eigenvalue weighted by Gasteiger charge is -2.19. The number of rotatable bonds is 3. The van der Waals surface area contributed by atoms with Gasteiger partial charge in [0, 0.05) is 29.7 Å². The van der Waals surface area contributed by atoms with Gasteiger partial charge in [0.05, 0.1) is 5.69 Å². The summed E-state index contributed by atoms with van der Waals surface area (Å²) in [6, 6.07) is 17.9. The fraction of sp³-hybridized carbons (Fsp3) is 0.273. The molecule has 5 rings (SSSR count). The fourth-order valence-corrected chi connectivity index (χ4v) is 4.93. The molecule has 29 heavy (non-hydrogen) atoms. The maximum atomic E-state index is 13.0. The lowest BCUT2D eigenvalue weighted by Crippen LogP contribution is -2.33. The van der Waals surface area contributed by atoms with Crippen molar-refractivity contribution in [2.45, 2.75) is 11.7 Å². The molecule has 0 saturated carbocycles. The van der Waals surface area contributed by atoms with Crippen LogP contribution in [-0.2, 0) is 0 Å². The molecule has 1 fully saturated rings. The lowest BCUT2D eigenvalue weighted by atomic mass is 10.1. The maximum absolute atomic E-state index is 13.0. The summed E-state index contributed by atoms with van der Waals surface area (Å²) < 4.78 is 10.9. The number of benzene rings is 2. The van der Waals surface area contributed by atoms with E-state index in [1.807, 2.05) is 59.1 Å². The van der Waals surface area contributed by atoms with Gasteiger partial charge in [-0.3, -0.25) is 9.89 Å². The van der Waals surface area contributed by atoms with Crippen LogP contribution in [0, 0.1) is 0 Å². The zero-order valence-electron chi connectivity index (χ0n) is 15.8. The van der Waals surface area contributed by atoms with Crippen molar-refractivity contribution in [3.8, 4) is 22.8 Å². The Morgan fingerprint density at radius 2 is 1.93 bits per heavy atom. The Morgan fingerprint density at radius 3 is 2.83 bits per heavy atom. The van der Waals surface area contributed by atoms with Crippen molar-refractivity contribution in [2.75, 3.05) is 25.6 Å². The van der Waals surface area contributed by atoms with Crippen LogP contribution in [0.15, 0.2) is 54.6 Å². The van der Waals surface area contributed by atoms with Gasteiger partial charge in [0.1, 0.15) is 5.69 Å². The number of aromatic amines is 1. The first-order valence-electron chi connectivity index (χ1n) is 9.69. The Kier molecular flexibility index (Phi) is 4.89. The summed E-state index contributed by atoms with van der Waals surface area (Å²) in [5.41, 5.74) is 3.55. The number of H-pyrrole nitrogens is 1. The summed E-state index contributed by atoms with van der Waals surface area (Å²) in [6.45, 7) is 1.73. The van der Waals surface area contributed by atoms with E-state index in [0.717, 1.165) is 41.5 Å². The molecule has 3 aromatic rings. The summed E-state index contributed by atoms with van der Waals surface area (Å²) in [4.78, 5) is 14.9. The van der Waals surface area contributed by atoms with E-state index in [9.17, 15) is 4.79 Å². The molecule has 1 unspecified atom stereocenters. The molecule has 1 N–H and O–H groups in total. The Morgan fingerprint density at radius 1 is 1.07 bits per heavy atom. The molecule has 0 aliphatic carbocycles. The lowest BCUT2D eigenvalue weighted by molar-refractivity contribution is 0.0760. The number of fused-ring (bicyclic) bond motifs is 1. The molecule has 7 heteroatoms. The molecule has 1 saturated heterocycles. The minimum Gasteiger partial charge on any atom is -0.454 e. The average molecular weight is 407 g/mol. The highest BCUT2D eigenvalue weighted by Crippen LogP contribution is 2.40. The molecular weight excluding hydrogens is 386 g/mol. The molecule has 1 aromatic heterocycles. The van der Waals surface area contributed by atoms with E-state index in [-0.39, 0.29) is 12.7 Å². The summed E-state index contributed by atoms with van der Waals surface area (Å²) in [7, 11) is 0. The van der Waals surface area contributed by atoms with Gasteiger partial charge in [0.15, 0.2) is 11.5 Å². The number of hydrogen-bond acceptors (Lipinski definition) is 5. The summed E-state index contributed by atoms with van der Waals surface area (Å²) in [5.74, 6) is 2.51. The number of ether oxygens (including phenoxy) is 2. The molecule has 0 spiro atoms. The van der Waals surface area contributed by atoms with Crippen LogP contribution in [0.25, 0.3) is 11.3 Å². The normalized spacial score (nSPS) is 18.5. The maximum Gasteiger partial charge on any atom is 0.271 e. The van der Waals surface area contributed by atoms with Crippen LogP contribution < -0.4 is 9.47 Å². The smallest absolute Gasteiger partial charge is 0.271 e. The molecular formula is C22H21N3O3S. The number of thioether (sulfide) groups is 1. The predicted octanol–water partition coefficient (Wildman–Crippen LogP) is 4.13.